The van der Waals surface area contributed by atoms with Crippen LogP contribution in [-0.4, -0.2) is 53.9 Å². The van der Waals surface area contributed by atoms with E-state index in [1.54, 1.807) is 37.5 Å². The van der Waals surface area contributed by atoms with Gasteiger partial charge in [0.15, 0.2) is 0 Å². The van der Waals surface area contributed by atoms with E-state index in [2.05, 4.69) is 10.3 Å². The fourth-order valence-electron chi connectivity index (χ4n) is 3.18. The molecule has 1 saturated carbocycles. The highest BCUT2D eigenvalue weighted by atomic mass is 16.2. The molecule has 21 heavy (non-hydrogen) atoms. The first-order valence-corrected chi connectivity index (χ1v) is 7.19. The van der Waals surface area contributed by atoms with Gasteiger partial charge in [0.2, 0.25) is 5.91 Å². The highest BCUT2D eigenvalue weighted by Gasteiger charge is 2.61. The molecule has 112 valence electrons. The first kappa shape index (κ1) is 13.9. The lowest BCUT2D eigenvalue weighted by molar-refractivity contribution is -0.118. The normalized spacial score (nSPS) is 26.8. The Labute approximate surface area is 124 Å². The molecule has 1 aliphatic carbocycles. The van der Waals surface area contributed by atoms with Gasteiger partial charge in [-0.25, -0.2) is 4.79 Å². The minimum atomic E-state index is -0.00202. The summed E-state index contributed by atoms with van der Waals surface area (Å²) in [5.41, 5.74) is 0.724. The molecule has 1 aromatic heterocycles. The molecule has 3 amide bonds. The van der Waals surface area contributed by atoms with Crippen molar-refractivity contribution in [2.75, 3.05) is 32.5 Å². The number of urea groups is 1. The van der Waals surface area contributed by atoms with Gasteiger partial charge in [-0.1, -0.05) is 0 Å². The van der Waals surface area contributed by atoms with E-state index < -0.39 is 0 Å². The third kappa shape index (κ3) is 2.57. The van der Waals surface area contributed by atoms with Crippen molar-refractivity contribution in [3.8, 4) is 0 Å². The average Bonchev–Trinajstić information content (AvgIpc) is 3.00. The summed E-state index contributed by atoms with van der Waals surface area (Å²) < 4.78 is 0. The maximum atomic E-state index is 12.3. The maximum absolute atomic E-state index is 12.3. The Morgan fingerprint density at radius 1 is 1.48 bits per heavy atom. The van der Waals surface area contributed by atoms with Crippen LogP contribution >= 0.6 is 0 Å². The summed E-state index contributed by atoms with van der Waals surface area (Å²) in [6.07, 6.45) is 5.10. The van der Waals surface area contributed by atoms with E-state index in [1.807, 2.05) is 11.0 Å². The molecule has 2 fully saturated rings. The van der Waals surface area contributed by atoms with Gasteiger partial charge in [0.25, 0.3) is 0 Å². The molecule has 3 rings (SSSR count). The van der Waals surface area contributed by atoms with Gasteiger partial charge >= 0.3 is 6.03 Å². The second-order valence-corrected chi connectivity index (χ2v) is 6.20. The maximum Gasteiger partial charge on any atom is 0.319 e. The van der Waals surface area contributed by atoms with Crippen LogP contribution in [0.2, 0.25) is 0 Å². The molecule has 1 spiro atoms. The summed E-state index contributed by atoms with van der Waals surface area (Å²) in [6.45, 7) is 1.43. The first-order chi connectivity index (χ1) is 10.0. The largest absolute Gasteiger partial charge is 0.331 e. The van der Waals surface area contributed by atoms with E-state index in [0.717, 1.165) is 25.1 Å². The number of carbonyl (C=O) groups excluding carboxylic acids is 2. The minimum absolute atomic E-state index is 0.00202. The van der Waals surface area contributed by atoms with Crippen LogP contribution in [0.25, 0.3) is 0 Å². The molecule has 1 saturated heterocycles. The molecule has 2 aliphatic rings. The fourth-order valence-corrected chi connectivity index (χ4v) is 3.18. The molecule has 6 heteroatoms. The number of rotatable bonds is 2. The molecule has 1 aliphatic heterocycles. The van der Waals surface area contributed by atoms with Crippen LogP contribution in [0.5, 0.6) is 0 Å². The van der Waals surface area contributed by atoms with Gasteiger partial charge in [-0.2, -0.15) is 0 Å². The van der Waals surface area contributed by atoms with E-state index in [1.165, 1.54) is 0 Å². The summed E-state index contributed by atoms with van der Waals surface area (Å²) in [5, 5.41) is 2.91. The predicted octanol–water partition coefficient (Wildman–Crippen LogP) is 1.41. The molecule has 6 nitrogen and oxygen atoms in total. The number of pyridine rings is 1. The van der Waals surface area contributed by atoms with Crippen LogP contribution in [-0.2, 0) is 4.79 Å². The van der Waals surface area contributed by atoms with E-state index in [-0.39, 0.29) is 23.3 Å². The molecule has 0 bridgehead atoms. The molecule has 1 N–H and O–H groups in total. The predicted molar refractivity (Wildman–Crippen MR) is 78.7 cm³/mol. The van der Waals surface area contributed by atoms with E-state index >= 15 is 0 Å². The van der Waals surface area contributed by atoms with Crippen LogP contribution in [0.15, 0.2) is 24.5 Å². The van der Waals surface area contributed by atoms with Crippen molar-refractivity contribution in [3.05, 3.63) is 24.5 Å². The van der Waals surface area contributed by atoms with Gasteiger partial charge in [-0.3, -0.25) is 9.78 Å². The third-order valence-electron chi connectivity index (χ3n) is 4.47. The zero-order chi connectivity index (χ0) is 15.0. The summed E-state index contributed by atoms with van der Waals surface area (Å²) in [7, 11) is 3.51. The second-order valence-electron chi connectivity index (χ2n) is 6.20. The van der Waals surface area contributed by atoms with Gasteiger partial charge in [0, 0.05) is 44.7 Å². The lowest BCUT2D eigenvalue weighted by atomic mass is 10.0. The van der Waals surface area contributed by atoms with Gasteiger partial charge in [0.05, 0.1) is 11.9 Å². The van der Waals surface area contributed by atoms with E-state index in [0.29, 0.717) is 6.54 Å². The molecule has 0 aromatic carbocycles. The Balaban J connectivity index is 1.59. The van der Waals surface area contributed by atoms with Crippen LogP contribution in [0, 0.1) is 11.3 Å². The lowest BCUT2D eigenvalue weighted by Gasteiger charge is -2.21. The van der Waals surface area contributed by atoms with Crippen LogP contribution in [0.4, 0.5) is 10.5 Å². The van der Waals surface area contributed by atoms with Crippen molar-refractivity contribution >= 4 is 17.6 Å². The Morgan fingerprint density at radius 2 is 2.29 bits per heavy atom. The number of aromatic nitrogens is 1. The number of nitrogens with one attached hydrogen (secondary N) is 1. The summed E-state index contributed by atoms with van der Waals surface area (Å²) in [5.74, 6) is 0.0554. The Kier molecular flexibility index (Phi) is 3.31. The van der Waals surface area contributed by atoms with Crippen molar-refractivity contribution in [1.29, 1.82) is 0 Å². The highest BCUT2D eigenvalue weighted by molar-refractivity contribution is 5.95. The SMILES string of the molecule is CN(C)C(=O)N1CC[C@]2(C[C@@H]2C(=O)Nc2cccnc2)C1. The standard InChI is InChI=1S/C15H20N4O2/c1-18(2)14(21)19-7-5-15(10-19)8-12(15)13(20)17-11-4-3-6-16-9-11/h3-4,6,9,12H,5,7-8,10H2,1-2H3,(H,17,20)/t12-,15+/m1/s1. The fraction of sp³-hybridized carbons (Fsp3) is 0.533. The third-order valence-corrected chi connectivity index (χ3v) is 4.47. The van der Waals surface area contributed by atoms with Crippen LogP contribution < -0.4 is 5.32 Å². The monoisotopic (exact) mass is 288 g/mol. The van der Waals surface area contributed by atoms with Crippen molar-refractivity contribution in [2.45, 2.75) is 12.8 Å². The zero-order valence-corrected chi connectivity index (χ0v) is 12.4. The molecular formula is C15H20N4O2. The van der Waals surface area contributed by atoms with Crippen LogP contribution in [0.3, 0.4) is 0 Å². The lowest BCUT2D eigenvalue weighted by Crippen LogP contribution is -2.38. The molecule has 1 aromatic rings. The van der Waals surface area contributed by atoms with Crippen molar-refractivity contribution < 1.29 is 9.59 Å². The molecular weight excluding hydrogens is 268 g/mol. The van der Waals surface area contributed by atoms with Crippen molar-refractivity contribution in [3.63, 3.8) is 0 Å². The van der Waals surface area contributed by atoms with E-state index in [4.69, 9.17) is 0 Å². The highest BCUT2D eigenvalue weighted by Crippen LogP contribution is 2.58. The first-order valence-electron chi connectivity index (χ1n) is 7.19. The number of anilines is 1. The van der Waals surface area contributed by atoms with Crippen molar-refractivity contribution in [2.24, 2.45) is 11.3 Å². The minimum Gasteiger partial charge on any atom is -0.331 e. The summed E-state index contributed by atoms with van der Waals surface area (Å²) >= 11 is 0. The number of hydrogen-bond donors (Lipinski definition) is 1. The number of nitrogens with zero attached hydrogens (tertiary/aromatic N) is 3. The molecule has 0 radical (unpaired) electrons. The zero-order valence-electron chi connectivity index (χ0n) is 12.4. The molecule has 2 atom stereocenters. The number of amides is 3. The topological polar surface area (TPSA) is 65.5 Å². The number of likely N-dealkylation sites (tertiary alicyclic amines) is 1. The summed E-state index contributed by atoms with van der Waals surface area (Å²) in [4.78, 5) is 31.7. The van der Waals surface area contributed by atoms with Gasteiger partial charge < -0.3 is 15.1 Å². The van der Waals surface area contributed by atoms with Gasteiger partial charge in [-0.05, 0) is 25.0 Å². The quantitative estimate of drug-likeness (QED) is 0.895. The second kappa shape index (κ2) is 5.02. The van der Waals surface area contributed by atoms with Gasteiger partial charge in [-0.15, -0.1) is 0 Å². The van der Waals surface area contributed by atoms with Crippen LogP contribution in [0.1, 0.15) is 12.8 Å². The Bertz CT molecular complexity index is 560. The average molecular weight is 288 g/mol. The number of carbonyl (C=O) groups is 2. The summed E-state index contributed by atoms with van der Waals surface area (Å²) in [6, 6.07) is 3.66. The Hall–Kier alpha value is -2.11. The number of hydrogen-bond acceptors (Lipinski definition) is 3. The van der Waals surface area contributed by atoms with Gasteiger partial charge in [0.1, 0.15) is 0 Å². The molecule has 0 unspecified atom stereocenters. The molecule has 2 heterocycles. The van der Waals surface area contributed by atoms with E-state index in [9.17, 15) is 9.59 Å². The van der Waals surface area contributed by atoms with Crippen molar-refractivity contribution in [1.82, 2.24) is 14.8 Å². The smallest absolute Gasteiger partial charge is 0.319 e. The Morgan fingerprint density at radius 3 is 2.95 bits per heavy atom.